The SMILES string of the molecule is CC(=O)C(CI)(c1cc(C)cs1)N1CCOCC1. The highest BCUT2D eigenvalue weighted by molar-refractivity contribution is 14.1. The third-order valence-corrected chi connectivity index (χ3v) is 5.77. The molecule has 0 aromatic carbocycles. The smallest absolute Gasteiger partial charge is 0.156 e. The molecule has 1 unspecified atom stereocenters. The number of ether oxygens (including phenoxy) is 1. The summed E-state index contributed by atoms with van der Waals surface area (Å²) in [7, 11) is 0. The molecule has 0 N–H and O–H groups in total. The fourth-order valence-electron chi connectivity index (χ4n) is 2.39. The van der Waals surface area contributed by atoms with Crippen molar-refractivity contribution >= 4 is 39.7 Å². The lowest BCUT2D eigenvalue weighted by atomic mass is 9.92. The highest BCUT2D eigenvalue weighted by Crippen LogP contribution is 2.36. The van der Waals surface area contributed by atoms with Crippen LogP contribution >= 0.6 is 33.9 Å². The summed E-state index contributed by atoms with van der Waals surface area (Å²) in [4.78, 5) is 15.8. The molecule has 2 heterocycles. The predicted molar refractivity (Wildman–Crippen MR) is 82.7 cm³/mol. The van der Waals surface area contributed by atoms with Crippen LogP contribution in [0.3, 0.4) is 0 Å². The number of Topliss-reactive ketones (excluding diaryl/α,β-unsaturated/α-hetero) is 1. The number of nitrogens with zero attached hydrogens (tertiary/aromatic N) is 1. The van der Waals surface area contributed by atoms with E-state index in [0.717, 1.165) is 30.7 Å². The van der Waals surface area contributed by atoms with Gasteiger partial charge in [-0.25, -0.2) is 0 Å². The van der Waals surface area contributed by atoms with Crippen LogP contribution in [-0.4, -0.2) is 41.4 Å². The van der Waals surface area contributed by atoms with Crippen molar-refractivity contribution in [3.8, 4) is 0 Å². The van der Waals surface area contributed by atoms with E-state index in [4.69, 9.17) is 4.74 Å². The van der Waals surface area contributed by atoms with Crippen LogP contribution in [0.5, 0.6) is 0 Å². The topological polar surface area (TPSA) is 29.5 Å². The molecule has 0 bridgehead atoms. The minimum absolute atomic E-state index is 0.237. The molecule has 5 heteroatoms. The number of alkyl halides is 1. The quantitative estimate of drug-likeness (QED) is 0.595. The molecular formula is C13H18INO2S. The van der Waals surface area contributed by atoms with Gasteiger partial charge < -0.3 is 4.74 Å². The van der Waals surface area contributed by atoms with E-state index in [9.17, 15) is 4.79 Å². The van der Waals surface area contributed by atoms with Crippen molar-refractivity contribution in [2.24, 2.45) is 0 Å². The first-order valence-electron chi connectivity index (χ1n) is 6.06. The molecule has 2 rings (SSSR count). The molecule has 3 nitrogen and oxygen atoms in total. The van der Waals surface area contributed by atoms with Gasteiger partial charge >= 0.3 is 0 Å². The first kappa shape index (κ1) is 14.4. The third kappa shape index (κ3) is 2.50. The molecule has 1 atom stereocenters. The maximum atomic E-state index is 12.3. The van der Waals surface area contributed by atoms with E-state index >= 15 is 0 Å². The van der Waals surface area contributed by atoms with Crippen molar-refractivity contribution in [1.82, 2.24) is 4.90 Å². The number of aryl methyl sites for hydroxylation is 1. The Labute approximate surface area is 126 Å². The zero-order chi connectivity index (χ0) is 13.2. The van der Waals surface area contributed by atoms with Crippen LogP contribution in [0.1, 0.15) is 17.4 Å². The number of thiophene rings is 1. The molecule has 1 fully saturated rings. The second-order valence-corrected chi connectivity index (χ2v) is 6.31. The molecule has 1 saturated heterocycles. The maximum absolute atomic E-state index is 12.3. The van der Waals surface area contributed by atoms with Crippen LogP contribution in [0.4, 0.5) is 0 Å². The van der Waals surface area contributed by atoms with Gasteiger partial charge in [0.1, 0.15) is 5.54 Å². The lowest BCUT2D eigenvalue weighted by molar-refractivity contribution is -0.131. The van der Waals surface area contributed by atoms with E-state index in [1.165, 1.54) is 10.4 Å². The Balaban J connectivity index is 2.41. The van der Waals surface area contributed by atoms with E-state index in [1.807, 2.05) is 0 Å². The summed E-state index contributed by atoms with van der Waals surface area (Å²) in [5.41, 5.74) is 0.780. The Morgan fingerprint density at radius 3 is 2.67 bits per heavy atom. The van der Waals surface area contributed by atoms with Crippen LogP contribution in [0.15, 0.2) is 11.4 Å². The normalized spacial score (nSPS) is 20.6. The molecule has 0 radical (unpaired) electrons. The van der Waals surface area contributed by atoms with Gasteiger partial charge in [0.05, 0.1) is 13.2 Å². The molecule has 1 aromatic rings. The molecule has 100 valence electrons. The van der Waals surface area contributed by atoms with Crippen molar-refractivity contribution in [3.05, 3.63) is 21.9 Å². The van der Waals surface area contributed by atoms with E-state index < -0.39 is 5.54 Å². The lowest BCUT2D eigenvalue weighted by Crippen LogP contribution is -2.56. The molecule has 1 aromatic heterocycles. The fraction of sp³-hybridized carbons (Fsp3) is 0.615. The zero-order valence-electron chi connectivity index (χ0n) is 10.7. The van der Waals surface area contributed by atoms with Crippen LogP contribution in [0, 0.1) is 6.92 Å². The van der Waals surface area contributed by atoms with E-state index in [2.05, 4.69) is 45.9 Å². The number of halogens is 1. The number of carbonyl (C=O) groups is 1. The Morgan fingerprint density at radius 2 is 2.22 bits per heavy atom. The van der Waals surface area contributed by atoms with Gasteiger partial charge in [-0.05, 0) is 30.9 Å². The van der Waals surface area contributed by atoms with Gasteiger partial charge in [0.25, 0.3) is 0 Å². The second-order valence-electron chi connectivity index (χ2n) is 4.64. The van der Waals surface area contributed by atoms with Gasteiger partial charge in [0, 0.05) is 22.4 Å². The Hall–Kier alpha value is 0.0200. The van der Waals surface area contributed by atoms with Gasteiger partial charge in [-0.2, -0.15) is 0 Å². The molecular weight excluding hydrogens is 361 g/mol. The number of ketones is 1. The Morgan fingerprint density at radius 1 is 1.56 bits per heavy atom. The number of hydrogen-bond donors (Lipinski definition) is 0. The number of rotatable bonds is 4. The first-order valence-corrected chi connectivity index (χ1v) is 8.47. The molecule has 1 aliphatic rings. The summed E-state index contributed by atoms with van der Waals surface area (Å²) >= 11 is 4.03. The van der Waals surface area contributed by atoms with Crippen LogP contribution in [0.2, 0.25) is 0 Å². The molecule has 0 aliphatic carbocycles. The maximum Gasteiger partial charge on any atom is 0.156 e. The summed E-state index contributed by atoms with van der Waals surface area (Å²) in [6.45, 7) is 6.89. The highest BCUT2D eigenvalue weighted by atomic mass is 127. The average molecular weight is 379 g/mol. The average Bonchev–Trinajstić information content (AvgIpc) is 2.79. The van der Waals surface area contributed by atoms with Crippen molar-refractivity contribution < 1.29 is 9.53 Å². The third-order valence-electron chi connectivity index (χ3n) is 3.46. The van der Waals surface area contributed by atoms with Gasteiger partial charge in [-0.1, -0.05) is 22.6 Å². The number of carbonyl (C=O) groups excluding carboxylic acids is 1. The van der Waals surface area contributed by atoms with Crippen LogP contribution in [0.25, 0.3) is 0 Å². The highest BCUT2D eigenvalue weighted by Gasteiger charge is 2.43. The van der Waals surface area contributed by atoms with Gasteiger partial charge in [0.15, 0.2) is 5.78 Å². The summed E-state index contributed by atoms with van der Waals surface area (Å²) in [6, 6.07) is 2.15. The first-order chi connectivity index (χ1) is 8.61. The predicted octanol–water partition coefficient (Wildman–Crippen LogP) is 2.61. The lowest BCUT2D eigenvalue weighted by Gasteiger charge is -2.42. The zero-order valence-corrected chi connectivity index (χ0v) is 13.7. The molecule has 0 saturated carbocycles. The monoisotopic (exact) mass is 379 g/mol. The molecule has 1 aliphatic heterocycles. The van der Waals surface area contributed by atoms with Crippen molar-refractivity contribution in [3.63, 3.8) is 0 Å². The number of morpholine rings is 1. The van der Waals surface area contributed by atoms with E-state index in [1.54, 1.807) is 18.3 Å². The molecule has 0 spiro atoms. The van der Waals surface area contributed by atoms with Crippen LogP contribution in [-0.2, 0) is 15.1 Å². The minimum atomic E-state index is -0.455. The summed E-state index contributed by atoms with van der Waals surface area (Å²) in [6.07, 6.45) is 0. The van der Waals surface area contributed by atoms with E-state index in [-0.39, 0.29) is 5.78 Å². The van der Waals surface area contributed by atoms with Crippen molar-refractivity contribution in [1.29, 1.82) is 0 Å². The molecule has 0 amide bonds. The Bertz CT molecular complexity index is 428. The summed E-state index contributed by atoms with van der Waals surface area (Å²) < 4.78 is 6.20. The van der Waals surface area contributed by atoms with E-state index in [0.29, 0.717) is 0 Å². The summed E-state index contributed by atoms with van der Waals surface area (Å²) in [5, 5.41) is 2.12. The van der Waals surface area contributed by atoms with Gasteiger partial charge in [0.2, 0.25) is 0 Å². The van der Waals surface area contributed by atoms with Crippen molar-refractivity contribution in [2.75, 3.05) is 30.7 Å². The van der Waals surface area contributed by atoms with Crippen LogP contribution < -0.4 is 0 Å². The minimum Gasteiger partial charge on any atom is -0.379 e. The second kappa shape index (κ2) is 5.98. The van der Waals surface area contributed by atoms with Crippen molar-refractivity contribution in [2.45, 2.75) is 19.4 Å². The Kier molecular flexibility index (Phi) is 4.80. The number of hydrogen-bond acceptors (Lipinski definition) is 4. The standard InChI is InChI=1S/C13H18INO2S/c1-10-7-12(18-8-10)13(9-14,11(2)16)15-3-5-17-6-4-15/h7-8H,3-6,9H2,1-2H3. The summed E-state index contributed by atoms with van der Waals surface area (Å²) in [5.74, 6) is 0.237. The largest absolute Gasteiger partial charge is 0.379 e. The van der Waals surface area contributed by atoms with Gasteiger partial charge in [-0.3, -0.25) is 9.69 Å². The fourth-order valence-corrected chi connectivity index (χ4v) is 5.25. The molecule has 18 heavy (non-hydrogen) atoms. The van der Waals surface area contributed by atoms with Gasteiger partial charge in [-0.15, -0.1) is 11.3 Å².